The minimum atomic E-state index is -0.693. The lowest BCUT2D eigenvalue weighted by Gasteiger charge is -2.08. The van der Waals surface area contributed by atoms with Crippen molar-refractivity contribution < 1.29 is 23.5 Å². The summed E-state index contributed by atoms with van der Waals surface area (Å²) in [4.78, 5) is 24.7. The molecule has 6 heteroatoms. The molecule has 3 aromatic rings. The molecule has 0 radical (unpaired) electrons. The molecule has 146 valence electrons. The van der Waals surface area contributed by atoms with Gasteiger partial charge < -0.3 is 19.2 Å². The highest BCUT2D eigenvalue weighted by Crippen LogP contribution is 2.27. The van der Waals surface area contributed by atoms with E-state index in [1.165, 1.54) is 0 Å². The van der Waals surface area contributed by atoms with Crippen molar-refractivity contribution in [3.8, 4) is 0 Å². The van der Waals surface area contributed by atoms with Crippen molar-refractivity contribution in [3.63, 3.8) is 0 Å². The van der Waals surface area contributed by atoms with Gasteiger partial charge in [0.05, 0.1) is 6.61 Å². The van der Waals surface area contributed by atoms with Gasteiger partial charge in [-0.05, 0) is 50.1 Å². The Hall–Kier alpha value is -3.12. The van der Waals surface area contributed by atoms with Crippen LogP contribution in [0.4, 0.5) is 5.69 Å². The molecule has 2 aromatic carbocycles. The van der Waals surface area contributed by atoms with Crippen LogP contribution in [-0.4, -0.2) is 25.1 Å². The maximum Gasteiger partial charge on any atom is 0.375 e. The molecule has 1 N–H and O–H groups in total. The maximum absolute atomic E-state index is 12.5. The first kappa shape index (κ1) is 19.6. The second-order valence-electron chi connectivity index (χ2n) is 6.54. The Morgan fingerprint density at radius 3 is 2.50 bits per heavy atom. The first-order valence-corrected chi connectivity index (χ1v) is 9.11. The first-order chi connectivity index (χ1) is 13.5. The van der Waals surface area contributed by atoms with Gasteiger partial charge in [0.25, 0.3) is 5.91 Å². The molecule has 0 saturated carbocycles. The summed E-state index contributed by atoms with van der Waals surface area (Å²) < 4.78 is 16.3. The Kier molecular flexibility index (Phi) is 6.11. The van der Waals surface area contributed by atoms with E-state index >= 15 is 0 Å². The van der Waals surface area contributed by atoms with Crippen molar-refractivity contribution >= 4 is 28.5 Å². The predicted molar refractivity (Wildman–Crippen MR) is 106 cm³/mol. The zero-order chi connectivity index (χ0) is 20.1. The average Bonchev–Trinajstić information content (AvgIpc) is 3.02. The quantitative estimate of drug-likeness (QED) is 0.615. The largest absolute Gasteiger partial charge is 0.450 e. The minimum absolute atomic E-state index is 0.0637. The Morgan fingerprint density at radius 1 is 1.07 bits per heavy atom. The molecule has 0 atom stereocenters. The van der Waals surface area contributed by atoms with Gasteiger partial charge in [0.1, 0.15) is 5.58 Å². The number of aryl methyl sites for hydroxylation is 2. The van der Waals surface area contributed by atoms with Crippen LogP contribution in [0.15, 0.2) is 46.9 Å². The molecule has 3 rings (SSSR count). The van der Waals surface area contributed by atoms with E-state index in [2.05, 4.69) is 5.32 Å². The average molecular weight is 381 g/mol. The highest BCUT2D eigenvalue weighted by Gasteiger charge is 2.22. The van der Waals surface area contributed by atoms with Gasteiger partial charge in [0.2, 0.25) is 5.76 Å². The molecular formula is C22H23NO5. The van der Waals surface area contributed by atoms with Crippen LogP contribution >= 0.6 is 0 Å². The number of rotatable bonds is 7. The van der Waals surface area contributed by atoms with Gasteiger partial charge in [-0.3, -0.25) is 4.79 Å². The number of anilines is 1. The highest BCUT2D eigenvalue weighted by atomic mass is 16.5. The zero-order valence-corrected chi connectivity index (χ0v) is 16.2. The van der Waals surface area contributed by atoms with Crippen molar-refractivity contribution in [2.75, 3.05) is 18.5 Å². The number of carbonyl (C=O) groups is 2. The van der Waals surface area contributed by atoms with E-state index < -0.39 is 18.5 Å². The topological polar surface area (TPSA) is 77.8 Å². The lowest BCUT2D eigenvalue weighted by Crippen LogP contribution is -2.21. The van der Waals surface area contributed by atoms with E-state index in [-0.39, 0.29) is 12.4 Å². The van der Waals surface area contributed by atoms with Crippen LogP contribution in [0.5, 0.6) is 0 Å². The minimum Gasteiger partial charge on any atom is -0.450 e. The summed E-state index contributed by atoms with van der Waals surface area (Å²) in [6.45, 7) is 6.10. The number of para-hydroxylation sites is 1. The fraction of sp³-hybridized carbons (Fsp3) is 0.273. The molecule has 1 aromatic heterocycles. The number of fused-ring (bicyclic) bond motifs is 1. The van der Waals surface area contributed by atoms with Crippen molar-refractivity contribution in [1.82, 2.24) is 0 Å². The SMILES string of the molecule is CCOCc1c(C(=O)OCC(=O)Nc2cc(C)cc(C)c2)oc2ccccc12. The predicted octanol–water partition coefficient (Wildman–Crippen LogP) is 4.38. The van der Waals surface area contributed by atoms with Crippen molar-refractivity contribution in [2.45, 2.75) is 27.4 Å². The van der Waals surface area contributed by atoms with Crippen molar-refractivity contribution in [1.29, 1.82) is 0 Å². The van der Waals surface area contributed by atoms with Gasteiger partial charge in [0, 0.05) is 23.2 Å². The van der Waals surface area contributed by atoms with Crippen LogP contribution in [0, 0.1) is 13.8 Å². The summed E-state index contributed by atoms with van der Waals surface area (Å²) in [6.07, 6.45) is 0. The molecule has 0 bridgehead atoms. The zero-order valence-electron chi connectivity index (χ0n) is 16.2. The summed E-state index contributed by atoms with van der Waals surface area (Å²) in [6, 6.07) is 13.0. The molecule has 6 nitrogen and oxygen atoms in total. The maximum atomic E-state index is 12.5. The highest BCUT2D eigenvalue weighted by molar-refractivity contribution is 5.98. The fourth-order valence-corrected chi connectivity index (χ4v) is 3.05. The van der Waals surface area contributed by atoms with E-state index in [9.17, 15) is 9.59 Å². The Bertz CT molecular complexity index is 985. The van der Waals surface area contributed by atoms with Crippen LogP contribution in [0.25, 0.3) is 11.0 Å². The number of ether oxygens (including phenoxy) is 2. The van der Waals surface area contributed by atoms with Crippen LogP contribution in [0.2, 0.25) is 0 Å². The van der Waals surface area contributed by atoms with Gasteiger partial charge in [-0.2, -0.15) is 0 Å². The van der Waals surface area contributed by atoms with Crippen LogP contribution < -0.4 is 5.32 Å². The standard InChI is InChI=1S/C22H23NO5/c1-4-26-12-18-17-7-5-6-8-19(17)28-21(18)22(25)27-13-20(24)23-16-10-14(2)9-15(3)11-16/h5-11H,4,12-13H2,1-3H3,(H,23,24). The lowest BCUT2D eigenvalue weighted by atomic mass is 10.1. The van der Waals surface area contributed by atoms with Gasteiger partial charge >= 0.3 is 5.97 Å². The van der Waals surface area contributed by atoms with Crippen molar-refractivity contribution in [3.05, 3.63) is 64.9 Å². The number of hydrogen-bond acceptors (Lipinski definition) is 5. The molecule has 1 heterocycles. The molecule has 0 aliphatic carbocycles. The number of carbonyl (C=O) groups excluding carboxylic acids is 2. The lowest BCUT2D eigenvalue weighted by molar-refractivity contribution is -0.119. The molecule has 0 spiro atoms. The second-order valence-corrected chi connectivity index (χ2v) is 6.54. The Balaban J connectivity index is 1.69. The fourth-order valence-electron chi connectivity index (χ4n) is 3.05. The molecule has 0 unspecified atom stereocenters. The summed E-state index contributed by atoms with van der Waals surface area (Å²) in [5.74, 6) is -1.05. The number of amides is 1. The van der Waals surface area contributed by atoms with Gasteiger partial charge in [-0.25, -0.2) is 4.79 Å². The van der Waals surface area contributed by atoms with E-state index in [4.69, 9.17) is 13.9 Å². The van der Waals surface area contributed by atoms with E-state index in [0.29, 0.717) is 23.4 Å². The van der Waals surface area contributed by atoms with Gasteiger partial charge in [-0.1, -0.05) is 24.3 Å². The van der Waals surface area contributed by atoms with E-state index in [0.717, 1.165) is 16.5 Å². The molecule has 0 fully saturated rings. The summed E-state index contributed by atoms with van der Waals surface area (Å²) in [7, 11) is 0. The molecular weight excluding hydrogens is 358 g/mol. The third-order valence-electron chi connectivity index (χ3n) is 4.17. The number of esters is 1. The molecule has 0 aliphatic heterocycles. The Morgan fingerprint density at radius 2 is 1.79 bits per heavy atom. The third-order valence-corrected chi connectivity index (χ3v) is 4.17. The number of nitrogens with one attached hydrogen (secondary N) is 1. The molecule has 1 amide bonds. The second kappa shape index (κ2) is 8.71. The van der Waals surface area contributed by atoms with Crippen LogP contribution in [-0.2, 0) is 20.9 Å². The summed E-state index contributed by atoms with van der Waals surface area (Å²) >= 11 is 0. The normalized spacial score (nSPS) is 10.8. The number of hydrogen-bond donors (Lipinski definition) is 1. The monoisotopic (exact) mass is 381 g/mol. The number of furan rings is 1. The van der Waals surface area contributed by atoms with Crippen LogP contribution in [0.3, 0.4) is 0 Å². The summed E-state index contributed by atoms with van der Waals surface area (Å²) in [5, 5.41) is 3.53. The first-order valence-electron chi connectivity index (χ1n) is 9.11. The molecule has 0 saturated heterocycles. The van der Waals surface area contributed by atoms with E-state index in [1.807, 2.05) is 57.2 Å². The molecule has 0 aliphatic rings. The van der Waals surface area contributed by atoms with Gasteiger partial charge in [0.15, 0.2) is 6.61 Å². The Labute approximate surface area is 163 Å². The molecule has 28 heavy (non-hydrogen) atoms. The van der Waals surface area contributed by atoms with Crippen molar-refractivity contribution in [2.24, 2.45) is 0 Å². The smallest absolute Gasteiger partial charge is 0.375 e. The van der Waals surface area contributed by atoms with Gasteiger partial charge in [-0.15, -0.1) is 0 Å². The van der Waals surface area contributed by atoms with Crippen LogP contribution in [0.1, 0.15) is 34.2 Å². The number of benzene rings is 2. The summed E-state index contributed by atoms with van der Waals surface area (Å²) in [5.41, 5.74) is 3.94. The van der Waals surface area contributed by atoms with E-state index in [1.54, 1.807) is 6.07 Å². The third kappa shape index (κ3) is 4.58.